The third kappa shape index (κ3) is 2.23. The Morgan fingerprint density at radius 1 is 1.39 bits per heavy atom. The normalized spacial score (nSPS) is 16.3. The number of nitriles is 1. The topological polar surface area (TPSA) is 93.8 Å². The van der Waals surface area contributed by atoms with Gasteiger partial charge >= 0.3 is 0 Å². The van der Waals surface area contributed by atoms with E-state index in [2.05, 4.69) is 26.0 Å². The van der Waals surface area contributed by atoms with E-state index in [0.717, 1.165) is 48.0 Å². The van der Waals surface area contributed by atoms with Gasteiger partial charge in [-0.15, -0.1) is 0 Å². The molecule has 1 aliphatic heterocycles. The maximum absolute atomic E-state index is 9.73. The lowest BCUT2D eigenvalue weighted by Gasteiger charge is -2.34. The molecule has 3 aromatic heterocycles. The summed E-state index contributed by atoms with van der Waals surface area (Å²) in [7, 11) is 0. The number of aliphatic hydroxyl groups is 1. The Balaban J connectivity index is 1.79. The Morgan fingerprint density at radius 3 is 2.96 bits per heavy atom. The molecule has 1 saturated heterocycles. The maximum Gasteiger partial charge on any atom is 0.154 e. The van der Waals surface area contributed by atoms with Gasteiger partial charge in [0.15, 0.2) is 5.82 Å². The number of hydrogen-bond acceptors (Lipinski definition) is 5. The van der Waals surface area contributed by atoms with Crippen molar-refractivity contribution in [1.29, 1.82) is 5.26 Å². The lowest BCUT2D eigenvalue weighted by molar-refractivity contribution is 0.261. The number of H-pyrrole nitrogens is 1. The van der Waals surface area contributed by atoms with Crippen molar-refractivity contribution in [2.45, 2.75) is 25.9 Å². The van der Waals surface area contributed by atoms with Gasteiger partial charge in [0.1, 0.15) is 23.3 Å². The van der Waals surface area contributed by atoms with Crippen LogP contribution in [0.15, 0.2) is 18.5 Å². The smallest absolute Gasteiger partial charge is 0.154 e. The Hall–Kier alpha value is -2.59. The van der Waals surface area contributed by atoms with E-state index in [-0.39, 0.29) is 6.61 Å². The highest BCUT2D eigenvalue weighted by Gasteiger charge is 2.24. The molecule has 7 heteroatoms. The molecule has 0 spiro atoms. The van der Waals surface area contributed by atoms with Crippen LogP contribution < -0.4 is 5.01 Å². The first-order valence-corrected chi connectivity index (χ1v) is 7.88. The van der Waals surface area contributed by atoms with Crippen molar-refractivity contribution in [1.82, 2.24) is 19.6 Å². The molecule has 4 rings (SSSR count). The number of nitrogens with one attached hydrogen (secondary N) is 1. The molecule has 4 heterocycles. The number of piperidine rings is 1. The quantitative estimate of drug-likeness (QED) is 0.767. The summed E-state index contributed by atoms with van der Waals surface area (Å²) in [6.07, 6.45) is 6.20. The van der Waals surface area contributed by atoms with Gasteiger partial charge in [0.05, 0.1) is 12.3 Å². The van der Waals surface area contributed by atoms with Crippen molar-refractivity contribution in [3.05, 3.63) is 24.3 Å². The van der Waals surface area contributed by atoms with Crippen molar-refractivity contribution in [3.8, 4) is 6.07 Å². The Labute approximate surface area is 133 Å². The number of rotatable bonds is 3. The van der Waals surface area contributed by atoms with Gasteiger partial charge in [0.2, 0.25) is 0 Å². The number of hydrogen-bond donors (Lipinski definition) is 2. The SMILES string of the molecule is N#CCC1CCN(n2c(CO)nc3cnc4[nH]ccc4c32)CC1. The third-order valence-electron chi connectivity index (χ3n) is 4.64. The number of pyridine rings is 1. The van der Waals surface area contributed by atoms with E-state index in [0.29, 0.717) is 18.2 Å². The summed E-state index contributed by atoms with van der Waals surface area (Å²) in [6, 6.07) is 4.26. The van der Waals surface area contributed by atoms with Crippen LogP contribution in [-0.2, 0) is 6.61 Å². The van der Waals surface area contributed by atoms with Gasteiger partial charge in [-0.25, -0.2) is 14.6 Å². The number of fused-ring (bicyclic) bond motifs is 3. The molecular formula is C16H18N6O. The highest BCUT2D eigenvalue weighted by molar-refractivity contribution is 6.01. The summed E-state index contributed by atoms with van der Waals surface area (Å²) >= 11 is 0. The fraction of sp³-hybridized carbons (Fsp3) is 0.438. The zero-order chi connectivity index (χ0) is 15.8. The summed E-state index contributed by atoms with van der Waals surface area (Å²) in [5, 5.41) is 21.8. The fourth-order valence-electron chi connectivity index (χ4n) is 3.46. The molecule has 0 saturated carbocycles. The third-order valence-corrected chi connectivity index (χ3v) is 4.64. The average molecular weight is 310 g/mol. The van der Waals surface area contributed by atoms with Gasteiger partial charge in [-0.2, -0.15) is 5.26 Å². The molecule has 2 N–H and O–H groups in total. The van der Waals surface area contributed by atoms with E-state index in [9.17, 15) is 5.11 Å². The lowest BCUT2D eigenvalue weighted by Crippen LogP contribution is -2.42. The molecule has 3 aromatic rings. The molecule has 0 aromatic carbocycles. The second-order valence-electron chi connectivity index (χ2n) is 5.99. The van der Waals surface area contributed by atoms with Crippen LogP contribution in [0.5, 0.6) is 0 Å². The van der Waals surface area contributed by atoms with Gasteiger partial charge in [0.25, 0.3) is 0 Å². The largest absolute Gasteiger partial charge is 0.388 e. The van der Waals surface area contributed by atoms with E-state index >= 15 is 0 Å². The van der Waals surface area contributed by atoms with Crippen LogP contribution in [0.25, 0.3) is 22.1 Å². The van der Waals surface area contributed by atoms with Crippen molar-refractivity contribution in [3.63, 3.8) is 0 Å². The van der Waals surface area contributed by atoms with Crippen molar-refractivity contribution in [2.75, 3.05) is 18.1 Å². The van der Waals surface area contributed by atoms with E-state index in [1.807, 2.05) is 16.9 Å². The van der Waals surface area contributed by atoms with E-state index < -0.39 is 0 Å². The minimum atomic E-state index is -0.112. The predicted octanol–water partition coefficient (Wildman–Crippen LogP) is 1.67. The van der Waals surface area contributed by atoms with Gasteiger partial charge in [-0.05, 0) is 24.8 Å². The Bertz CT molecular complexity index is 881. The molecule has 0 radical (unpaired) electrons. The summed E-state index contributed by atoms with van der Waals surface area (Å²) in [5.74, 6) is 1.10. The summed E-state index contributed by atoms with van der Waals surface area (Å²) in [6.45, 7) is 1.61. The van der Waals surface area contributed by atoms with Crippen LogP contribution in [0.3, 0.4) is 0 Å². The second kappa shape index (κ2) is 5.56. The fourth-order valence-corrected chi connectivity index (χ4v) is 3.46. The summed E-state index contributed by atoms with van der Waals surface area (Å²) < 4.78 is 2.04. The molecule has 1 aliphatic rings. The monoisotopic (exact) mass is 310 g/mol. The highest BCUT2D eigenvalue weighted by atomic mass is 16.3. The first kappa shape index (κ1) is 14.0. The van der Waals surface area contributed by atoms with Gasteiger partial charge < -0.3 is 15.1 Å². The van der Waals surface area contributed by atoms with Crippen LogP contribution in [0, 0.1) is 17.2 Å². The van der Waals surface area contributed by atoms with E-state index in [1.54, 1.807) is 6.20 Å². The van der Waals surface area contributed by atoms with Crippen LogP contribution in [0.1, 0.15) is 25.1 Å². The maximum atomic E-state index is 9.73. The predicted molar refractivity (Wildman–Crippen MR) is 86.2 cm³/mol. The number of aromatic amines is 1. The van der Waals surface area contributed by atoms with Crippen molar-refractivity contribution >= 4 is 22.1 Å². The molecule has 0 atom stereocenters. The highest BCUT2D eigenvalue weighted by Crippen LogP contribution is 2.27. The molecule has 118 valence electrons. The number of aliphatic hydroxyl groups excluding tert-OH is 1. The Kier molecular flexibility index (Phi) is 3.39. The summed E-state index contributed by atoms with van der Waals surface area (Å²) in [5.41, 5.74) is 2.60. The van der Waals surface area contributed by atoms with Crippen molar-refractivity contribution in [2.24, 2.45) is 5.92 Å². The average Bonchev–Trinajstić information content (AvgIpc) is 3.19. The number of nitrogens with zero attached hydrogens (tertiary/aromatic N) is 5. The van der Waals surface area contributed by atoms with E-state index in [4.69, 9.17) is 5.26 Å². The number of aromatic nitrogens is 4. The van der Waals surface area contributed by atoms with Gasteiger partial charge in [-0.1, -0.05) is 0 Å². The minimum Gasteiger partial charge on any atom is -0.388 e. The molecule has 23 heavy (non-hydrogen) atoms. The summed E-state index contributed by atoms with van der Waals surface area (Å²) in [4.78, 5) is 12.0. The van der Waals surface area contributed by atoms with Crippen LogP contribution in [0.4, 0.5) is 0 Å². The standard InChI is InChI=1S/C16H18N6O/c17-5-1-11-3-7-21(8-4-11)22-14(10-23)20-13-9-19-16-12(15(13)22)2-6-18-16/h2,6,9,11,23H,1,3-4,7-8,10H2,(H,18,19). The molecule has 1 fully saturated rings. The molecule has 0 amide bonds. The molecule has 0 unspecified atom stereocenters. The van der Waals surface area contributed by atoms with Crippen LogP contribution in [0.2, 0.25) is 0 Å². The Morgan fingerprint density at radius 2 is 2.22 bits per heavy atom. The zero-order valence-electron chi connectivity index (χ0n) is 12.7. The van der Waals surface area contributed by atoms with Crippen molar-refractivity contribution < 1.29 is 5.11 Å². The van der Waals surface area contributed by atoms with Gasteiger partial charge in [0, 0.05) is 31.1 Å². The second-order valence-corrected chi connectivity index (χ2v) is 5.99. The van der Waals surface area contributed by atoms with Gasteiger partial charge in [-0.3, -0.25) is 0 Å². The lowest BCUT2D eigenvalue weighted by atomic mass is 9.95. The zero-order valence-corrected chi connectivity index (χ0v) is 12.7. The molecule has 7 nitrogen and oxygen atoms in total. The minimum absolute atomic E-state index is 0.112. The molecule has 0 aliphatic carbocycles. The van der Waals surface area contributed by atoms with E-state index in [1.165, 1.54) is 0 Å². The number of imidazole rings is 1. The van der Waals surface area contributed by atoms with Crippen LogP contribution >= 0.6 is 0 Å². The molecular weight excluding hydrogens is 292 g/mol. The van der Waals surface area contributed by atoms with Crippen LogP contribution in [-0.4, -0.2) is 37.8 Å². The molecule has 0 bridgehead atoms. The first-order valence-electron chi connectivity index (χ1n) is 7.88. The first-order chi connectivity index (χ1) is 11.3.